The summed E-state index contributed by atoms with van der Waals surface area (Å²) >= 11 is 1.68. The molecule has 2 fully saturated rings. The molecule has 1 aromatic carbocycles. The molecule has 23 heavy (non-hydrogen) atoms. The van der Waals surface area contributed by atoms with Crippen molar-refractivity contribution in [3.8, 4) is 0 Å². The Balaban J connectivity index is 1.70. The number of likely N-dealkylation sites (tertiary alicyclic amines) is 1. The SMILES string of the molecule is CSc1ccc(N2C[C@H](C(=O)N3CCCC[C@@H]3C)CC2=O)cc1. The van der Waals surface area contributed by atoms with Crippen LogP contribution in [0.15, 0.2) is 29.2 Å². The molecule has 2 aliphatic rings. The summed E-state index contributed by atoms with van der Waals surface area (Å²) in [5.74, 6) is 0.0296. The van der Waals surface area contributed by atoms with E-state index in [1.807, 2.05) is 35.4 Å². The van der Waals surface area contributed by atoms with Crippen LogP contribution in [-0.4, -0.2) is 42.1 Å². The van der Waals surface area contributed by atoms with Crippen LogP contribution in [-0.2, 0) is 9.59 Å². The minimum Gasteiger partial charge on any atom is -0.340 e. The third-order valence-electron chi connectivity index (χ3n) is 4.94. The van der Waals surface area contributed by atoms with Gasteiger partial charge in [-0.25, -0.2) is 0 Å². The second-order valence-corrected chi connectivity index (χ2v) is 7.36. The third kappa shape index (κ3) is 3.39. The van der Waals surface area contributed by atoms with Gasteiger partial charge in [-0.3, -0.25) is 9.59 Å². The van der Waals surface area contributed by atoms with Gasteiger partial charge in [-0.05, 0) is 56.7 Å². The van der Waals surface area contributed by atoms with E-state index in [9.17, 15) is 9.59 Å². The molecule has 2 aliphatic heterocycles. The Labute approximate surface area is 142 Å². The Bertz CT molecular complexity index is 587. The molecule has 0 unspecified atom stereocenters. The number of anilines is 1. The summed E-state index contributed by atoms with van der Waals surface area (Å²) in [6.45, 7) is 3.47. The first-order valence-corrected chi connectivity index (χ1v) is 9.57. The average Bonchev–Trinajstić information content (AvgIpc) is 2.96. The zero-order chi connectivity index (χ0) is 16.4. The van der Waals surface area contributed by atoms with Gasteiger partial charge in [0, 0.05) is 36.1 Å². The summed E-state index contributed by atoms with van der Waals surface area (Å²) in [4.78, 5) is 30.1. The van der Waals surface area contributed by atoms with Gasteiger partial charge < -0.3 is 9.80 Å². The summed E-state index contributed by atoms with van der Waals surface area (Å²) in [6, 6.07) is 8.30. The lowest BCUT2D eigenvalue weighted by Crippen LogP contribution is -2.45. The fourth-order valence-corrected chi connectivity index (χ4v) is 3.95. The lowest BCUT2D eigenvalue weighted by Gasteiger charge is -2.35. The molecule has 0 aromatic heterocycles. The highest BCUT2D eigenvalue weighted by Crippen LogP contribution is 2.29. The molecule has 4 nitrogen and oxygen atoms in total. The van der Waals surface area contributed by atoms with Crippen molar-refractivity contribution in [2.45, 2.75) is 43.5 Å². The Morgan fingerprint density at radius 1 is 1.22 bits per heavy atom. The van der Waals surface area contributed by atoms with Crippen LogP contribution in [0, 0.1) is 5.92 Å². The van der Waals surface area contributed by atoms with Gasteiger partial charge in [-0.15, -0.1) is 11.8 Å². The highest BCUT2D eigenvalue weighted by atomic mass is 32.2. The van der Waals surface area contributed by atoms with Crippen molar-refractivity contribution >= 4 is 29.3 Å². The topological polar surface area (TPSA) is 40.6 Å². The molecule has 2 atom stereocenters. The highest BCUT2D eigenvalue weighted by molar-refractivity contribution is 7.98. The summed E-state index contributed by atoms with van der Waals surface area (Å²) in [5, 5.41) is 0. The number of carbonyl (C=O) groups excluding carboxylic acids is 2. The van der Waals surface area contributed by atoms with Gasteiger partial charge in [-0.2, -0.15) is 0 Å². The molecule has 0 spiro atoms. The minimum absolute atomic E-state index is 0.0601. The molecule has 2 amide bonds. The lowest BCUT2D eigenvalue weighted by atomic mass is 9.99. The zero-order valence-corrected chi connectivity index (χ0v) is 14.6. The molecule has 0 radical (unpaired) electrons. The number of hydrogen-bond donors (Lipinski definition) is 0. The average molecular weight is 332 g/mol. The van der Waals surface area contributed by atoms with Gasteiger partial charge in [0.2, 0.25) is 11.8 Å². The molecule has 2 heterocycles. The van der Waals surface area contributed by atoms with E-state index in [1.165, 1.54) is 11.3 Å². The number of hydrogen-bond acceptors (Lipinski definition) is 3. The Hall–Kier alpha value is -1.49. The standard InChI is InChI=1S/C18H24N2O2S/c1-13-5-3-4-10-19(13)18(22)14-11-17(21)20(12-14)15-6-8-16(23-2)9-7-15/h6-9,13-14H,3-5,10-12H2,1-2H3/t13-,14+/m0/s1. The number of rotatable bonds is 3. The lowest BCUT2D eigenvalue weighted by molar-refractivity contribution is -0.139. The van der Waals surface area contributed by atoms with Gasteiger partial charge in [-0.1, -0.05) is 0 Å². The van der Waals surface area contributed by atoms with E-state index in [-0.39, 0.29) is 17.7 Å². The predicted molar refractivity (Wildman–Crippen MR) is 93.7 cm³/mol. The predicted octanol–water partition coefficient (Wildman–Crippen LogP) is 3.16. The van der Waals surface area contributed by atoms with Gasteiger partial charge >= 0.3 is 0 Å². The van der Waals surface area contributed by atoms with E-state index in [4.69, 9.17) is 0 Å². The molecule has 0 N–H and O–H groups in total. The highest BCUT2D eigenvalue weighted by Gasteiger charge is 2.38. The number of benzene rings is 1. The number of carbonyl (C=O) groups is 2. The van der Waals surface area contributed by atoms with Gasteiger partial charge in [0.1, 0.15) is 0 Å². The van der Waals surface area contributed by atoms with Crippen LogP contribution in [0.2, 0.25) is 0 Å². The number of thioether (sulfide) groups is 1. The molecule has 5 heteroatoms. The smallest absolute Gasteiger partial charge is 0.228 e. The largest absolute Gasteiger partial charge is 0.340 e. The molecule has 3 rings (SSSR count). The van der Waals surface area contributed by atoms with Crippen molar-refractivity contribution < 1.29 is 9.59 Å². The monoisotopic (exact) mass is 332 g/mol. The maximum absolute atomic E-state index is 12.8. The summed E-state index contributed by atoms with van der Waals surface area (Å²) in [7, 11) is 0. The molecule has 0 bridgehead atoms. The van der Waals surface area contributed by atoms with E-state index in [0.29, 0.717) is 19.0 Å². The molecule has 124 valence electrons. The molecule has 0 saturated carbocycles. The van der Waals surface area contributed by atoms with Crippen molar-refractivity contribution in [1.29, 1.82) is 0 Å². The Kier molecular flexibility index (Phi) is 4.95. The third-order valence-corrected chi connectivity index (χ3v) is 5.69. The normalized spacial score (nSPS) is 25.0. The van der Waals surface area contributed by atoms with Crippen LogP contribution in [0.4, 0.5) is 5.69 Å². The van der Waals surface area contributed by atoms with Crippen molar-refractivity contribution in [2.75, 3.05) is 24.2 Å². The van der Waals surface area contributed by atoms with Gasteiger partial charge in [0.05, 0.1) is 5.92 Å². The van der Waals surface area contributed by atoms with Crippen LogP contribution in [0.1, 0.15) is 32.6 Å². The van der Waals surface area contributed by atoms with Crippen LogP contribution in [0.3, 0.4) is 0 Å². The second kappa shape index (κ2) is 6.95. The van der Waals surface area contributed by atoms with Crippen LogP contribution in [0.5, 0.6) is 0 Å². The van der Waals surface area contributed by atoms with E-state index >= 15 is 0 Å². The second-order valence-electron chi connectivity index (χ2n) is 6.48. The van der Waals surface area contributed by atoms with E-state index in [2.05, 4.69) is 6.92 Å². The van der Waals surface area contributed by atoms with Gasteiger partial charge in [0.15, 0.2) is 0 Å². The van der Waals surface area contributed by atoms with Crippen molar-refractivity contribution in [3.05, 3.63) is 24.3 Å². The molecular formula is C18H24N2O2S. The quantitative estimate of drug-likeness (QED) is 0.798. The number of amides is 2. The van der Waals surface area contributed by atoms with E-state index in [0.717, 1.165) is 25.1 Å². The summed E-state index contributed by atoms with van der Waals surface area (Å²) < 4.78 is 0. The molecule has 0 aliphatic carbocycles. The van der Waals surface area contributed by atoms with Crippen LogP contribution >= 0.6 is 11.8 Å². The fourth-order valence-electron chi connectivity index (χ4n) is 3.54. The first kappa shape index (κ1) is 16.4. The maximum Gasteiger partial charge on any atom is 0.228 e. The fraction of sp³-hybridized carbons (Fsp3) is 0.556. The Morgan fingerprint density at radius 2 is 1.96 bits per heavy atom. The van der Waals surface area contributed by atoms with Crippen LogP contribution < -0.4 is 4.90 Å². The summed E-state index contributed by atoms with van der Waals surface area (Å²) in [5.41, 5.74) is 0.898. The first-order valence-electron chi connectivity index (χ1n) is 8.35. The minimum atomic E-state index is -0.191. The molecule has 2 saturated heterocycles. The maximum atomic E-state index is 12.8. The zero-order valence-electron chi connectivity index (χ0n) is 13.8. The van der Waals surface area contributed by atoms with E-state index in [1.54, 1.807) is 16.7 Å². The van der Waals surface area contributed by atoms with Crippen LogP contribution in [0.25, 0.3) is 0 Å². The van der Waals surface area contributed by atoms with Crippen molar-refractivity contribution in [1.82, 2.24) is 4.90 Å². The Morgan fingerprint density at radius 3 is 2.61 bits per heavy atom. The summed E-state index contributed by atoms with van der Waals surface area (Å²) in [6.07, 6.45) is 5.72. The number of nitrogens with zero attached hydrogens (tertiary/aromatic N) is 2. The van der Waals surface area contributed by atoms with Crippen molar-refractivity contribution in [3.63, 3.8) is 0 Å². The first-order chi connectivity index (χ1) is 11.1. The van der Waals surface area contributed by atoms with Crippen molar-refractivity contribution in [2.24, 2.45) is 5.92 Å². The number of piperidine rings is 1. The van der Waals surface area contributed by atoms with E-state index < -0.39 is 0 Å². The molecular weight excluding hydrogens is 308 g/mol. The molecule has 1 aromatic rings. The van der Waals surface area contributed by atoms with Gasteiger partial charge in [0.25, 0.3) is 0 Å².